The van der Waals surface area contributed by atoms with E-state index in [1.54, 1.807) is 6.92 Å². The van der Waals surface area contributed by atoms with Gasteiger partial charge in [0.1, 0.15) is 11.3 Å². The van der Waals surface area contributed by atoms with Gasteiger partial charge in [0, 0.05) is 30.6 Å². The average Bonchev–Trinajstić information content (AvgIpc) is 2.99. The van der Waals surface area contributed by atoms with Crippen LogP contribution in [0.4, 0.5) is 0 Å². The van der Waals surface area contributed by atoms with Crippen LogP contribution in [0.2, 0.25) is 0 Å². The van der Waals surface area contributed by atoms with Crippen molar-refractivity contribution in [3.05, 3.63) is 23.2 Å². The predicted molar refractivity (Wildman–Crippen MR) is 89.3 cm³/mol. The Morgan fingerprint density at radius 3 is 2.46 bits per heavy atom. The van der Waals surface area contributed by atoms with Crippen molar-refractivity contribution in [2.24, 2.45) is 5.41 Å². The van der Waals surface area contributed by atoms with Crippen molar-refractivity contribution in [1.29, 1.82) is 0 Å². The van der Waals surface area contributed by atoms with Gasteiger partial charge in [-0.05, 0) is 26.2 Å². The van der Waals surface area contributed by atoms with Gasteiger partial charge in [0.25, 0.3) is 5.91 Å². The molecule has 2 N–H and O–H groups in total. The molecule has 0 spiro atoms. The molecule has 0 aliphatic heterocycles. The summed E-state index contributed by atoms with van der Waals surface area (Å²) in [5, 5.41) is 12.2. The van der Waals surface area contributed by atoms with E-state index in [1.807, 2.05) is 6.92 Å². The van der Waals surface area contributed by atoms with Crippen molar-refractivity contribution in [1.82, 2.24) is 5.32 Å². The predicted octanol–water partition coefficient (Wildman–Crippen LogP) is 3.25. The Bertz CT molecular complexity index is 603. The molecule has 1 saturated carbocycles. The molecular weight excluding hydrogens is 310 g/mol. The summed E-state index contributed by atoms with van der Waals surface area (Å²) in [4.78, 5) is 23.7. The first-order chi connectivity index (χ1) is 11.4. The lowest BCUT2D eigenvalue weighted by Crippen LogP contribution is -2.64. The first kappa shape index (κ1) is 18.5. The maximum atomic E-state index is 12.5. The third-order valence-electron chi connectivity index (χ3n) is 5.36. The van der Waals surface area contributed by atoms with Crippen molar-refractivity contribution in [2.45, 2.75) is 65.5 Å². The maximum Gasteiger partial charge on any atom is 0.339 e. The van der Waals surface area contributed by atoms with Gasteiger partial charge in [0.2, 0.25) is 0 Å². The van der Waals surface area contributed by atoms with Gasteiger partial charge in [0.05, 0.1) is 6.10 Å². The van der Waals surface area contributed by atoms with Crippen LogP contribution in [0.5, 0.6) is 0 Å². The fourth-order valence-electron chi connectivity index (χ4n) is 3.80. The Labute approximate surface area is 142 Å². The summed E-state index contributed by atoms with van der Waals surface area (Å²) >= 11 is 0. The molecule has 2 unspecified atom stereocenters. The summed E-state index contributed by atoms with van der Waals surface area (Å²) in [5.41, 5.74) is -0.0118. The van der Waals surface area contributed by atoms with Crippen LogP contribution in [0, 0.1) is 5.41 Å². The molecule has 0 saturated heterocycles. The molecule has 1 aliphatic carbocycles. The molecule has 2 rings (SSSR count). The van der Waals surface area contributed by atoms with Crippen molar-refractivity contribution >= 4 is 11.9 Å². The molecule has 1 fully saturated rings. The van der Waals surface area contributed by atoms with E-state index < -0.39 is 5.97 Å². The van der Waals surface area contributed by atoms with Crippen LogP contribution in [0.25, 0.3) is 0 Å². The zero-order chi connectivity index (χ0) is 17.9. The van der Waals surface area contributed by atoms with E-state index >= 15 is 0 Å². The van der Waals surface area contributed by atoms with Crippen LogP contribution >= 0.6 is 0 Å². The van der Waals surface area contributed by atoms with Crippen LogP contribution in [-0.4, -0.2) is 35.7 Å². The smallest absolute Gasteiger partial charge is 0.339 e. The lowest BCUT2D eigenvalue weighted by molar-refractivity contribution is -0.134. The third kappa shape index (κ3) is 3.07. The average molecular weight is 337 g/mol. The lowest BCUT2D eigenvalue weighted by Gasteiger charge is -2.55. The molecule has 6 nitrogen and oxygen atoms in total. The zero-order valence-electron chi connectivity index (χ0n) is 14.8. The SMILES string of the molecule is CCOC1CC(NC(=O)c2cc(C(=O)O)c(CC)o2)C1(CC)CC. The zero-order valence-corrected chi connectivity index (χ0v) is 14.8. The van der Waals surface area contributed by atoms with Gasteiger partial charge in [-0.15, -0.1) is 0 Å². The number of rotatable bonds is 8. The number of carbonyl (C=O) groups excluding carboxylic acids is 1. The van der Waals surface area contributed by atoms with Gasteiger partial charge in [-0.3, -0.25) is 4.79 Å². The highest BCUT2D eigenvalue weighted by Crippen LogP contribution is 2.49. The fourth-order valence-corrected chi connectivity index (χ4v) is 3.80. The summed E-state index contributed by atoms with van der Waals surface area (Å²) in [6.45, 7) is 8.65. The molecule has 2 atom stereocenters. The van der Waals surface area contributed by atoms with Crippen LogP contribution in [0.15, 0.2) is 10.5 Å². The van der Waals surface area contributed by atoms with E-state index in [0.717, 1.165) is 19.3 Å². The largest absolute Gasteiger partial charge is 0.478 e. The van der Waals surface area contributed by atoms with Crippen molar-refractivity contribution < 1.29 is 23.8 Å². The fraction of sp³-hybridized carbons (Fsp3) is 0.667. The van der Waals surface area contributed by atoms with Crippen LogP contribution in [0.1, 0.15) is 73.6 Å². The topological polar surface area (TPSA) is 88.8 Å². The Morgan fingerprint density at radius 1 is 1.33 bits per heavy atom. The number of furan rings is 1. The van der Waals surface area contributed by atoms with Gasteiger partial charge in [-0.1, -0.05) is 20.8 Å². The highest BCUT2D eigenvalue weighted by atomic mass is 16.5. The number of hydrogen-bond donors (Lipinski definition) is 2. The molecule has 1 aromatic heterocycles. The summed E-state index contributed by atoms with van der Waals surface area (Å²) in [7, 11) is 0. The van der Waals surface area contributed by atoms with Gasteiger partial charge >= 0.3 is 5.97 Å². The van der Waals surface area contributed by atoms with Gasteiger partial charge < -0.3 is 19.6 Å². The molecule has 0 bridgehead atoms. The van der Waals surface area contributed by atoms with Crippen LogP contribution in [0.3, 0.4) is 0 Å². The molecule has 0 radical (unpaired) electrons. The van der Waals surface area contributed by atoms with Gasteiger partial charge in [-0.25, -0.2) is 4.79 Å². The van der Waals surface area contributed by atoms with Gasteiger partial charge in [-0.2, -0.15) is 0 Å². The molecule has 0 aromatic carbocycles. The summed E-state index contributed by atoms with van der Waals surface area (Å²) in [6.07, 6.45) is 3.18. The Morgan fingerprint density at radius 2 is 2.00 bits per heavy atom. The number of amides is 1. The van der Waals surface area contributed by atoms with E-state index in [1.165, 1.54) is 6.07 Å². The highest BCUT2D eigenvalue weighted by Gasteiger charge is 2.54. The summed E-state index contributed by atoms with van der Waals surface area (Å²) in [6, 6.07) is 1.33. The second-order valence-corrected chi connectivity index (χ2v) is 6.25. The minimum atomic E-state index is -1.08. The minimum Gasteiger partial charge on any atom is -0.478 e. The molecule has 1 amide bonds. The quantitative estimate of drug-likeness (QED) is 0.760. The standard InChI is InChI=1S/C18H27NO5/c1-5-12-11(17(21)22)9-13(24-12)16(20)19-14-10-15(23-8-4)18(14,6-2)7-3/h9,14-15H,5-8,10H2,1-4H3,(H,19,20)(H,21,22). The normalized spacial score (nSPS) is 22.0. The number of carboxylic acid groups (broad SMARTS) is 1. The molecule has 134 valence electrons. The number of ether oxygens (including phenoxy) is 1. The molecule has 6 heteroatoms. The maximum absolute atomic E-state index is 12.5. The van der Waals surface area contributed by atoms with Crippen molar-refractivity contribution in [3.63, 3.8) is 0 Å². The lowest BCUT2D eigenvalue weighted by atomic mass is 9.58. The molecule has 1 aromatic rings. The minimum absolute atomic E-state index is 0.0139. The third-order valence-corrected chi connectivity index (χ3v) is 5.36. The summed E-state index contributed by atoms with van der Waals surface area (Å²) < 4.78 is 11.3. The van der Waals surface area contributed by atoms with E-state index in [2.05, 4.69) is 19.2 Å². The second kappa shape index (κ2) is 7.38. The molecule has 24 heavy (non-hydrogen) atoms. The Hall–Kier alpha value is -1.82. The number of aromatic carboxylic acids is 1. The molecular formula is C18H27NO5. The highest BCUT2D eigenvalue weighted by molar-refractivity contribution is 5.96. The monoisotopic (exact) mass is 337 g/mol. The molecule has 1 aliphatic rings. The van der Waals surface area contributed by atoms with E-state index in [-0.39, 0.29) is 34.8 Å². The Kier molecular flexibility index (Phi) is 5.70. The number of carboxylic acids is 1. The van der Waals surface area contributed by atoms with Crippen molar-refractivity contribution in [3.8, 4) is 0 Å². The van der Waals surface area contributed by atoms with Crippen LogP contribution < -0.4 is 5.32 Å². The number of hydrogen-bond acceptors (Lipinski definition) is 4. The van der Waals surface area contributed by atoms with E-state index in [0.29, 0.717) is 18.8 Å². The number of carbonyl (C=O) groups is 2. The van der Waals surface area contributed by atoms with E-state index in [4.69, 9.17) is 9.15 Å². The van der Waals surface area contributed by atoms with Crippen LogP contribution in [-0.2, 0) is 11.2 Å². The second-order valence-electron chi connectivity index (χ2n) is 6.25. The molecule has 1 heterocycles. The number of aryl methyl sites for hydroxylation is 1. The van der Waals surface area contributed by atoms with E-state index in [9.17, 15) is 14.7 Å². The van der Waals surface area contributed by atoms with Gasteiger partial charge in [0.15, 0.2) is 5.76 Å². The van der Waals surface area contributed by atoms with Crippen molar-refractivity contribution in [2.75, 3.05) is 6.61 Å². The summed E-state index contributed by atoms with van der Waals surface area (Å²) in [5.74, 6) is -1.05. The number of nitrogens with one attached hydrogen (secondary N) is 1. The first-order valence-corrected chi connectivity index (χ1v) is 8.71. The first-order valence-electron chi connectivity index (χ1n) is 8.71. The Balaban J connectivity index is 2.14.